The van der Waals surface area contributed by atoms with Gasteiger partial charge in [0.25, 0.3) is 0 Å². The smallest absolute Gasteiger partial charge is 0.0889 e. The maximum Gasteiger partial charge on any atom is 0.0889 e. The fourth-order valence-electron chi connectivity index (χ4n) is 1.83. The highest BCUT2D eigenvalue weighted by Gasteiger charge is 2.03. The van der Waals surface area contributed by atoms with Gasteiger partial charge in [-0.1, -0.05) is 50.2 Å². The highest BCUT2D eigenvalue weighted by molar-refractivity contribution is 5.46. The summed E-state index contributed by atoms with van der Waals surface area (Å²) in [4.78, 5) is 0. The van der Waals surface area contributed by atoms with Gasteiger partial charge in [-0.05, 0) is 36.1 Å². The normalized spacial score (nSPS) is 11.3. The molecular formula is C16H18N2. The third-order valence-electron chi connectivity index (χ3n) is 2.65. The molecule has 0 saturated heterocycles. The Bertz CT molecular complexity index is 516. The first kappa shape index (κ1) is 12.5. The average Bonchev–Trinajstić information content (AvgIpc) is 2.38. The van der Waals surface area contributed by atoms with E-state index in [4.69, 9.17) is 0 Å². The van der Waals surface area contributed by atoms with E-state index in [1.165, 1.54) is 5.56 Å². The summed E-state index contributed by atoms with van der Waals surface area (Å²) in [5, 5.41) is 8.62. The number of rotatable bonds is 4. The van der Waals surface area contributed by atoms with E-state index in [0.717, 1.165) is 17.8 Å². The Morgan fingerprint density at radius 3 is 2.22 bits per heavy atom. The minimum absolute atomic E-state index is 0.623. The summed E-state index contributed by atoms with van der Waals surface area (Å²) in [7, 11) is 0. The molecule has 0 bridgehead atoms. The standard InChI is InChI=1S/C16H18N2/c1-13(2)12-14-8-6-7-11-16(14)18-17-15-9-4-3-5-10-15/h3-11,13H,12H2,1-2H3. The molecule has 0 aliphatic heterocycles. The number of benzene rings is 2. The number of azo groups is 1. The van der Waals surface area contributed by atoms with Crippen LogP contribution in [0.1, 0.15) is 19.4 Å². The zero-order valence-corrected chi connectivity index (χ0v) is 10.9. The van der Waals surface area contributed by atoms with Crippen molar-refractivity contribution < 1.29 is 0 Å². The van der Waals surface area contributed by atoms with Gasteiger partial charge in [0.15, 0.2) is 0 Å². The molecular weight excluding hydrogens is 220 g/mol. The van der Waals surface area contributed by atoms with Gasteiger partial charge in [0.05, 0.1) is 11.4 Å². The molecule has 0 saturated carbocycles. The van der Waals surface area contributed by atoms with E-state index in [-0.39, 0.29) is 0 Å². The lowest BCUT2D eigenvalue weighted by atomic mass is 10.0. The largest absolute Gasteiger partial charge is 0.151 e. The van der Waals surface area contributed by atoms with Gasteiger partial charge in [0.1, 0.15) is 0 Å². The summed E-state index contributed by atoms with van der Waals surface area (Å²) in [6.45, 7) is 4.43. The van der Waals surface area contributed by atoms with E-state index in [9.17, 15) is 0 Å². The minimum atomic E-state index is 0.623. The van der Waals surface area contributed by atoms with Crippen LogP contribution >= 0.6 is 0 Å². The molecule has 0 aliphatic rings. The molecule has 0 N–H and O–H groups in total. The van der Waals surface area contributed by atoms with E-state index in [1.54, 1.807) is 0 Å². The van der Waals surface area contributed by atoms with Crippen molar-refractivity contribution in [3.8, 4) is 0 Å². The zero-order chi connectivity index (χ0) is 12.8. The van der Waals surface area contributed by atoms with Crippen molar-refractivity contribution in [1.82, 2.24) is 0 Å². The van der Waals surface area contributed by atoms with Crippen LogP contribution in [-0.2, 0) is 6.42 Å². The van der Waals surface area contributed by atoms with E-state index >= 15 is 0 Å². The quantitative estimate of drug-likeness (QED) is 0.646. The van der Waals surface area contributed by atoms with Crippen molar-refractivity contribution in [2.24, 2.45) is 16.1 Å². The van der Waals surface area contributed by atoms with E-state index in [0.29, 0.717) is 5.92 Å². The molecule has 92 valence electrons. The predicted molar refractivity (Wildman–Crippen MR) is 75.6 cm³/mol. The van der Waals surface area contributed by atoms with Crippen molar-refractivity contribution in [3.63, 3.8) is 0 Å². The second-order valence-corrected chi connectivity index (χ2v) is 4.76. The van der Waals surface area contributed by atoms with Crippen LogP contribution in [0.4, 0.5) is 11.4 Å². The van der Waals surface area contributed by atoms with Gasteiger partial charge < -0.3 is 0 Å². The third kappa shape index (κ3) is 3.52. The Morgan fingerprint density at radius 2 is 1.50 bits per heavy atom. The molecule has 0 aromatic heterocycles. The number of hydrogen-bond donors (Lipinski definition) is 0. The fourth-order valence-corrected chi connectivity index (χ4v) is 1.83. The van der Waals surface area contributed by atoms with Gasteiger partial charge in [0.2, 0.25) is 0 Å². The Morgan fingerprint density at radius 1 is 0.833 bits per heavy atom. The Labute approximate surface area is 108 Å². The maximum atomic E-state index is 4.35. The molecule has 0 aliphatic carbocycles. The Hall–Kier alpha value is -1.96. The monoisotopic (exact) mass is 238 g/mol. The zero-order valence-electron chi connectivity index (χ0n) is 10.9. The summed E-state index contributed by atoms with van der Waals surface area (Å²) < 4.78 is 0. The maximum absolute atomic E-state index is 4.35. The summed E-state index contributed by atoms with van der Waals surface area (Å²) >= 11 is 0. The molecule has 0 fully saturated rings. The molecule has 2 aromatic carbocycles. The first-order chi connectivity index (χ1) is 8.75. The molecule has 2 nitrogen and oxygen atoms in total. The Balaban J connectivity index is 2.21. The van der Waals surface area contributed by atoms with Gasteiger partial charge in [-0.15, -0.1) is 0 Å². The number of hydrogen-bond acceptors (Lipinski definition) is 2. The topological polar surface area (TPSA) is 24.7 Å². The summed E-state index contributed by atoms with van der Waals surface area (Å²) in [5.41, 5.74) is 3.11. The lowest BCUT2D eigenvalue weighted by Gasteiger charge is -2.06. The third-order valence-corrected chi connectivity index (χ3v) is 2.65. The first-order valence-corrected chi connectivity index (χ1v) is 6.30. The average molecular weight is 238 g/mol. The van der Waals surface area contributed by atoms with E-state index < -0.39 is 0 Å². The van der Waals surface area contributed by atoms with Crippen molar-refractivity contribution in [1.29, 1.82) is 0 Å². The molecule has 0 radical (unpaired) electrons. The molecule has 18 heavy (non-hydrogen) atoms. The number of nitrogens with zero attached hydrogens (tertiary/aromatic N) is 2. The van der Waals surface area contributed by atoms with Crippen molar-refractivity contribution >= 4 is 11.4 Å². The summed E-state index contributed by atoms with van der Waals surface area (Å²) in [6, 6.07) is 18.0. The van der Waals surface area contributed by atoms with Crippen LogP contribution in [0, 0.1) is 5.92 Å². The lowest BCUT2D eigenvalue weighted by Crippen LogP contribution is -1.93. The molecule has 2 aromatic rings. The molecule has 0 unspecified atom stereocenters. The second-order valence-electron chi connectivity index (χ2n) is 4.76. The van der Waals surface area contributed by atoms with E-state index in [2.05, 4.69) is 36.2 Å². The fraction of sp³-hybridized carbons (Fsp3) is 0.250. The van der Waals surface area contributed by atoms with Gasteiger partial charge in [-0.3, -0.25) is 0 Å². The lowest BCUT2D eigenvalue weighted by molar-refractivity contribution is 0.647. The van der Waals surface area contributed by atoms with Crippen LogP contribution in [0.5, 0.6) is 0 Å². The van der Waals surface area contributed by atoms with Gasteiger partial charge >= 0.3 is 0 Å². The molecule has 0 heterocycles. The SMILES string of the molecule is CC(C)Cc1ccccc1N=Nc1ccccc1. The molecule has 2 heteroatoms. The van der Waals surface area contributed by atoms with Crippen LogP contribution in [0.2, 0.25) is 0 Å². The minimum Gasteiger partial charge on any atom is -0.151 e. The molecule has 0 amide bonds. The second kappa shape index (κ2) is 6.10. The van der Waals surface area contributed by atoms with Crippen molar-refractivity contribution in [2.45, 2.75) is 20.3 Å². The highest BCUT2D eigenvalue weighted by atomic mass is 15.1. The summed E-state index contributed by atoms with van der Waals surface area (Å²) in [5.74, 6) is 0.623. The van der Waals surface area contributed by atoms with Gasteiger partial charge in [-0.2, -0.15) is 10.2 Å². The Kier molecular flexibility index (Phi) is 4.24. The summed E-state index contributed by atoms with van der Waals surface area (Å²) in [6.07, 6.45) is 1.03. The van der Waals surface area contributed by atoms with Gasteiger partial charge in [-0.25, -0.2) is 0 Å². The highest BCUT2D eigenvalue weighted by Crippen LogP contribution is 2.24. The molecule has 0 atom stereocenters. The molecule has 0 spiro atoms. The first-order valence-electron chi connectivity index (χ1n) is 6.30. The van der Waals surface area contributed by atoms with Crippen molar-refractivity contribution in [2.75, 3.05) is 0 Å². The van der Waals surface area contributed by atoms with Crippen LogP contribution < -0.4 is 0 Å². The van der Waals surface area contributed by atoms with Crippen molar-refractivity contribution in [3.05, 3.63) is 60.2 Å². The predicted octanol–water partition coefficient (Wildman–Crippen LogP) is 5.30. The van der Waals surface area contributed by atoms with Crippen LogP contribution in [0.15, 0.2) is 64.8 Å². The van der Waals surface area contributed by atoms with Crippen LogP contribution in [0.3, 0.4) is 0 Å². The van der Waals surface area contributed by atoms with Crippen LogP contribution in [-0.4, -0.2) is 0 Å². The molecule has 2 rings (SSSR count). The van der Waals surface area contributed by atoms with Crippen LogP contribution in [0.25, 0.3) is 0 Å². The van der Waals surface area contributed by atoms with E-state index in [1.807, 2.05) is 42.5 Å². The van der Waals surface area contributed by atoms with Gasteiger partial charge in [0, 0.05) is 0 Å².